The number of ether oxygens (including phenoxy) is 1. The van der Waals surface area contributed by atoms with Crippen LogP contribution in [0.4, 0.5) is 4.39 Å². The first-order valence-electron chi connectivity index (χ1n) is 5.63. The molecule has 1 aliphatic rings. The minimum Gasteiger partial charge on any atom is -0.377 e. The van der Waals surface area contributed by atoms with Gasteiger partial charge in [0, 0.05) is 12.2 Å². The molecule has 0 amide bonds. The van der Waals surface area contributed by atoms with Gasteiger partial charge in [-0.05, 0) is 37.1 Å². The fourth-order valence-electron chi connectivity index (χ4n) is 2.18. The minimum atomic E-state index is -0.314. The molecule has 0 saturated carbocycles. The Balaban J connectivity index is 2.15. The Morgan fingerprint density at radius 2 is 2.12 bits per heavy atom. The number of hydrogen-bond acceptors (Lipinski definition) is 2. The molecule has 1 aromatic carbocycles. The summed E-state index contributed by atoms with van der Waals surface area (Å²) in [7, 11) is 0. The molecule has 16 heavy (non-hydrogen) atoms. The van der Waals surface area contributed by atoms with Crippen LogP contribution in [0.1, 0.15) is 30.1 Å². The molecule has 0 spiro atoms. The summed E-state index contributed by atoms with van der Waals surface area (Å²) in [6, 6.07) is 5.74. The zero-order valence-electron chi connectivity index (χ0n) is 9.28. The van der Waals surface area contributed by atoms with Crippen molar-refractivity contribution in [3.63, 3.8) is 0 Å². The van der Waals surface area contributed by atoms with E-state index in [4.69, 9.17) is 4.74 Å². The van der Waals surface area contributed by atoms with E-state index in [1.807, 2.05) is 6.92 Å². The Morgan fingerprint density at radius 1 is 1.44 bits per heavy atom. The van der Waals surface area contributed by atoms with Crippen molar-refractivity contribution in [2.75, 3.05) is 6.61 Å². The number of carbonyl (C=O) groups excluding carboxylic acids is 1. The maximum Gasteiger partial charge on any atom is 0.168 e. The molecule has 1 aliphatic heterocycles. The first-order chi connectivity index (χ1) is 7.72. The minimum absolute atomic E-state index is 0.0255. The van der Waals surface area contributed by atoms with Gasteiger partial charge in [0.15, 0.2) is 5.78 Å². The Kier molecular flexibility index (Phi) is 3.34. The average molecular weight is 222 g/mol. The van der Waals surface area contributed by atoms with Crippen LogP contribution in [-0.2, 0) is 4.74 Å². The largest absolute Gasteiger partial charge is 0.377 e. The first kappa shape index (κ1) is 11.3. The number of Topliss-reactive ketones (excluding diaryl/α,β-unsaturated/α-hetero) is 1. The monoisotopic (exact) mass is 222 g/mol. The maximum absolute atomic E-state index is 12.7. The lowest BCUT2D eigenvalue weighted by atomic mass is 9.90. The molecule has 1 heterocycles. The van der Waals surface area contributed by atoms with Crippen LogP contribution in [0.15, 0.2) is 24.3 Å². The molecule has 2 rings (SSSR count). The highest BCUT2D eigenvalue weighted by Gasteiger charge is 2.33. The second kappa shape index (κ2) is 4.74. The van der Waals surface area contributed by atoms with Crippen molar-refractivity contribution in [1.29, 1.82) is 0 Å². The summed E-state index contributed by atoms with van der Waals surface area (Å²) in [5, 5.41) is 0. The van der Waals surface area contributed by atoms with E-state index < -0.39 is 0 Å². The fourth-order valence-corrected chi connectivity index (χ4v) is 2.18. The van der Waals surface area contributed by atoms with E-state index in [2.05, 4.69) is 0 Å². The van der Waals surface area contributed by atoms with Gasteiger partial charge < -0.3 is 4.74 Å². The molecule has 1 aromatic rings. The quantitative estimate of drug-likeness (QED) is 0.735. The molecule has 2 atom stereocenters. The Bertz CT molecular complexity index is 372. The van der Waals surface area contributed by atoms with Gasteiger partial charge in [0.25, 0.3) is 0 Å². The third kappa shape index (κ3) is 2.14. The highest BCUT2D eigenvalue weighted by Crippen LogP contribution is 2.26. The van der Waals surface area contributed by atoms with E-state index >= 15 is 0 Å². The summed E-state index contributed by atoms with van der Waals surface area (Å²) < 4.78 is 18.2. The van der Waals surface area contributed by atoms with E-state index in [1.165, 1.54) is 12.1 Å². The van der Waals surface area contributed by atoms with Crippen LogP contribution in [-0.4, -0.2) is 18.5 Å². The van der Waals surface area contributed by atoms with Gasteiger partial charge in [-0.1, -0.05) is 6.92 Å². The van der Waals surface area contributed by atoms with Gasteiger partial charge in [-0.15, -0.1) is 0 Å². The Labute approximate surface area is 94.4 Å². The van der Waals surface area contributed by atoms with Crippen molar-refractivity contribution in [3.05, 3.63) is 35.6 Å². The summed E-state index contributed by atoms with van der Waals surface area (Å²) in [5.74, 6) is -0.300. The van der Waals surface area contributed by atoms with Crippen LogP contribution in [0.5, 0.6) is 0 Å². The summed E-state index contributed by atoms with van der Waals surface area (Å²) in [4.78, 5) is 12.1. The van der Waals surface area contributed by atoms with Gasteiger partial charge >= 0.3 is 0 Å². The standard InChI is InChI=1S/C13H15FO2/c1-2-12-11(7-8-16-12)13(15)9-3-5-10(14)6-4-9/h3-6,11-12H,2,7-8H2,1H3. The molecule has 0 N–H and O–H groups in total. The second-order valence-corrected chi connectivity index (χ2v) is 4.08. The van der Waals surface area contributed by atoms with Gasteiger partial charge in [0.05, 0.1) is 12.0 Å². The number of rotatable bonds is 3. The predicted molar refractivity (Wildman–Crippen MR) is 58.9 cm³/mol. The molecule has 3 heteroatoms. The lowest BCUT2D eigenvalue weighted by Crippen LogP contribution is -2.23. The smallest absolute Gasteiger partial charge is 0.168 e. The second-order valence-electron chi connectivity index (χ2n) is 4.08. The molecular formula is C13H15FO2. The Morgan fingerprint density at radius 3 is 2.75 bits per heavy atom. The summed E-state index contributed by atoms with van der Waals surface area (Å²) in [6.45, 7) is 2.66. The molecule has 0 bridgehead atoms. The lowest BCUT2D eigenvalue weighted by Gasteiger charge is -2.15. The number of hydrogen-bond donors (Lipinski definition) is 0. The number of carbonyl (C=O) groups is 1. The van der Waals surface area contributed by atoms with Gasteiger partial charge in [-0.3, -0.25) is 4.79 Å². The van der Waals surface area contributed by atoms with E-state index in [0.29, 0.717) is 12.2 Å². The molecule has 1 fully saturated rings. The zero-order chi connectivity index (χ0) is 11.5. The van der Waals surface area contributed by atoms with E-state index in [-0.39, 0.29) is 23.6 Å². The molecule has 0 radical (unpaired) electrons. The third-order valence-electron chi connectivity index (χ3n) is 3.08. The number of halogens is 1. The normalized spacial score (nSPS) is 24.6. The van der Waals surface area contributed by atoms with Crippen LogP contribution >= 0.6 is 0 Å². The summed E-state index contributed by atoms with van der Waals surface area (Å²) in [6.07, 6.45) is 1.64. The van der Waals surface area contributed by atoms with Crippen molar-refractivity contribution in [3.8, 4) is 0 Å². The Hall–Kier alpha value is -1.22. The van der Waals surface area contributed by atoms with E-state index in [9.17, 15) is 9.18 Å². The van der Waals surface area contributed by atoms with Crippen molar-refractivity contribution in [1.82, 2.24) is 0 Å². The predicted octanol–water partition coefficient (Wildman–Crippen LogP) is 2.82. The SMILES string of the molecule is CCC1OCCC1C(=O)c1ccc(F)cc1. The third-order valence-corrected chi connectivity index (χ3v) is 3.08. The highest BCUT2D eigenvalue weighted by atomic mass is 19.1. The molecule has 1 saturated heterocycles. The van der Waals surface area contributed by atoms with Gasteiger partial charge in [-0.2, -0.15) is 0 Å². The van der Waals surface area contributed by atoms with Gasteiger partial charge in [0.1, 0.15) is 5.82 Å². The molecule has 86 valence electrons. The van der Waals surface area contributed by atoms with Crippen molar-refractivity contribution >= 4 is 5.78 Å². The fraction of sp³-hybridized carbons (Fsp3) is 0.462. The lowest BCUT2D eigenvalue weighted by molar-refractivity contribution is 0.0689. The molecule has 2 unspecified atom stereocenters. The van der Waals surface area contributed by atoms with Crippen molar-refractivity contribution < 1.29 is 13.9 Å². The average Bonchev–Trinajstić information content (AvgIpc) is 2.77. The number of ketones is 1. The van der Waals surface area contributed by atoms with Crippen LogP contribution in [0.25, 0.3) is 0 Å². The molecular weight excluding hydrogens is 207 g/mol. The van der Waals surface area contributed by atoms with Crippen LogP contribution < -0.4 is 0 Å². The topological polar surface area (TPSA) is 26.3 Å². The van der Waals surface area contributed by atoms with E-state index in [1.54, 1.807) is 12.1 Å². The van der Waals surface area contributed by atoms with Crippen molar-refractivity contribution in [2.45, 2.75) is 25.9 Å². The van der Waals surface area contributed by atoms with Crippen molar-refractivity contribution in [2.24, 2.45) is 5.92 Å². The van der Waals surface area contributed by atoms with Crippen LogP contribution in [0, 0.1) is 11.7 Å². The molecule has 0 aromatic heterocycles. The van der Waals surface area contributed by atoms with E-state index in [0.717, 1.165) is 12.8 Å². The maximum atomic E-state index is 12.7. The zero-order valence-corrected chi connectivity index (χ0v) is 9.28. The van der Waals surface area contributed by atoms with Gasteiger partial charge in [0.2, 0.25) is 0 Å². The first-order valence-corrected chi connectivity index (χ1v) is 5.63. The molecule has 0 aliphatic carbocycles. The highest BCUT2D eigenvalue weighted by molar-refractivity contribution is 5.98. The van der Waals surface area contributed by atoms with Crippen LogP contribution in [0.3, 0.4) is 0 Å². The summed E-state index contributed by atoms with van der Waals surface area (Å²) >= 11 is 0. The number of benzene rings is 1. The van der Waals surface area contributed by atoms with Crippen LogP contribution in [0.2, 0.25) is 0 Å². The summed E-state index contributed by atoms with van der Waals surface area (Å²) in [5.41, 5.74) is 0.579. The van der Waals surface area contributed by atoms with Gasteiger partial charge in [-0.25, -0.2) is 4.39 Å². The molecule has 2 nitrogen and oxygen atoms in total.